The molecule has 6 nitrogen and oxygen atoms in total. The third kappa shape index (κ3) is 5.66. The van der Waals surface area contributed by atoms with Crippen molar-refractivity contribution in [2.45, 2.75) is 6.42 Å². The van der Waals surface area contributed by atoms with Crippen LogP contribution in [0, 0.1) is 0 Å². The van der Waals surface area contributed by atoms with Gasteiger partial charge in [0.1, 0.15) is 5.75 Å². The molecule has 0 atom stereocenters. The molecule has 0 heterocycles. The van der Waals surface area contributed by atoms with Gasteiger partial charge in [-0.05, 0) is 30.7 Å². The molecule has 0 radical (unpaired) electrons. The molecule has 21 heavy (non-hydrogen) atoms. The van der Waals surface area contributed by atoms with Crippen LogP contribution < -0.4 is 10.1 Å². The van der Waals surface area contributed by atoms with Gasteiger partial charge in [-0.15, -0.1) is 0 Å². The first-order valence-corrected chi connectivity index (χ1v) is 6.44. The number of carbonyl (C=O) groups is 2. The number of methoxy groups -OCH3 is 2. The summed E-state index contributed by atoms with van der Waals surface area (Å²) in [6.07, 6.45) is 3.12. The van der Waals surface area contributed by atoms with E-state index in [1.165, 1.54) is 13.2 Å². The maximum absolute atomic E-state index is 12.0. The van der Waals surface area contributed by atoms with Crippen LogP contribution in [0.1, 0.15) is 22.3 Å². The van der Waals surface area contributed by atoms with Crippen molar-refractivity contribution in [3.8, 4) is 5.75 Å². The van der Waals surface area contributed by atoms with E-state index in [1.807, 2.05) is 0 Å². The van der Waals surface area contributed by atoms with E-state index < -0.39 is 5.97 Å². The van der Waals surface area contributed by atoms with Crippen molar-refractivity contribution >= 4 is 18.0 Å². The summed E-state index contributed by atoms with van der Waals surface area (Å²) in [5.74, 6) is -0.784. The maximum atomic E-state index is 12.0. The number of carboxylic acid groups (broad SMARTS) is 1. The summed E-state index contributed by atoms with van der Waals surface area (Å²) in [4.78, 5) is 22.5. The number of carboxylic acids is 1. The minimum absolute atomic E-state index is 0.223. The van der Waals surface area contributed by atoms with Crippen molar-refractivity contribution in [3.63, 3.8) is 0 Å². The highest BCUT2D eigenvalue weighted by molar-refractivity contribution is 5.95. The van der Waals surface area contributed by atoms with Crippen LogP contribution in [0.15, 0.2) is 24.3 Å². The largest absolute Gasteiger partial charge is 0.496 e. The third-order valence-electron chi connectivity index (χ3n) is 2.71. The molecule has 0 aliphatic heterocycles. The molecule has 6 heteroatoms. The maximum Gasteiger partial charge on any atom is 0.328 e. The molecule has 0 spiro atoms. The molecule has 1 aromatic carbocycles. The fourth-order valence-electron chi connectivity index (χ4n) is 1.69. The summed E-state index contributed by atoms with van der Waals surface area (Å²) in [5, 5.41) is 11.4. The lowest BCUT2D eigenvalue weighted by Crippen LogP contribution is -2.25. The molecular formula is C15H19NO5. The number of carbonyl (C=O) groups excluding carboxylic acids is 1. The van der Waals surface area contributed by atoms with Crippen LogP contribution >= 0.6 is 0 Å². The smallest absolute Gasteiger partial charge is 0.328 e. The summed E-state index contributed by atoms with van der Waals surface area (Å²) in [7, 11) is 3.09. The van der Waals surface area contributed by atoms with Gasteiger partial charge in [0, 0.05) is 37.5 Å². The Balaban J connectivity index is 2.81. The molecule has 0 saturated heterocycles. The van der Waals surface area contributed by atoms with Crippen LogP contribution in [-0.4, -0.2) is 44.4 Å². The van der Waals surface area contributed by atoms with Gasteiger partial charge >= 0.3 is 5.97 Å². The van der Waals surface area contributed by atoms with Crippen molar-refractivity contribution < 1.29 is 24.2 Å². The summed E-state index contributed by atoms with van der Waals surface area (Å²) in [6.45, 7) is 1.09. The van der Waals surface area contributed by atoms with E-state index >= 15 is 0 Å². The molecule has 2 N–H and O–H groups in total. The Morgan fingerprint density at radius 2 is 2.10 bits per heavy atom. The van der Waals surface area contributed by atoms with Gasteiger partial charge in [-0.1, -0.05) is 0 Å². The number of aliphatic carboxylic acids is 1. The molecule has 1 amide bonds. The molecule has 0 aromatic heterocycles. The molecule has 0 saturated carbocycles. The first-order chi connectivity index (χ1) is 10.1. The summed E-state index contributed by atoms with van der Waals surface area (Å²) >= 11 is 0. The van der Waals surface area contributed by atoms with Gasteiger partial charge in [0.2, 0.25) is 0 Å². The van der Waals surface area contributed by atoms with E-state index in [0.29, 0.717) is 30.0 Å². The second kappa shape index (κ2) is 8.76. The predicted molar refractivity (Wildman–Crippen MR) is 78.5 cm³/mol. The van der Waals surface area contributed by atoms with Crippen LogP contribution in [0.5, 0.6) is 5.75 Å². The van der Waals surface area contributed by atoms with E-state index in [1.54, 1.807) is 25.3 Å². The van der Waals surface area contributed by atoms with Gasteiger partial charge in [0.15, 0.2) is 0 Å². The van der Waals surface area contributed by atoms with E-state index in [-0.39, 0.29) is 5.91 Å². The number of hydrogen-bond donors (Lipinski definition) is 2. The lowest BCUT2D eigenvalue weighted by Gasteiger charge is -2.08. The zero-order chi connectivity index (χ0) is 15.7. The van der Waals surface area contributed by atoms with Crippen molar-refractivity contribution in [3.05, 3.63) is 35.4 Å². The third-order valence-corrected chi connectivity index (χ3v) is 2.71. The van der Waals surface area contributed by atoms with E-state index in [2.05, 4.69) is 5.32 Å². The molecule has 0 aliphatic carbocycles. The van der Waals surface area contributed by atoms with Gasteiger partial charge in [0.25, 0.3) is 5.91 Å². The molecule has 0 unspecified atom stereocenters. The number of benzene rings is 1. The van der Waals surface area contributed by atoms with E-state index in [9.17, 15) is 9.59 Å². The predicted octanol–water partition coefficient (Wildman–Crippen LogP) is 1.56. The highest BCUT2D eigenvalue weighted by Gasteiger charge is 2.08. The minimum atomic E-state index is -1.06. The number of hydrogen-bond acceptors (Lipinski definition) is 4. The number of nitrogens with one attached hydrogen (secondary N) is 1. The standard InChI is InChI=1S/C15H19NO5/c1-20-9-3-8-16-15(19)12-4-6-13(21-2)11(10-12)5-7-14(17)18/h4-7,10H,3,8-9H2,1-2H3,(H,16,19)(H,17,18). The summed E-state index contributed by atoms with van der Waals surface area (Å²) in [6, 6.07) is 4.85. The Kier molecular flexibility index (Phi) is 6.97. The first-order valence-electron chi connectivity index (χ1n) is 6.44. The van der Waals surface area contributed by atoms with Gasteiger partial charge in [-0.2, -0.15) is 0 Å². The first kappa shape index (κ1) is 16.7. The molecule has 1 rings (SSSR count). The minimum Gasteiger partial charge on any atom is -0.496 e. The van der Waals surface area contributed by atoms with Crippen molar-refractivity contribution in [1.29, 1.82) is 0 Å². The Hall–Kier alpha value is -2.34. The normalized spacial score (nSPS) is 10.6. The SMILES string of the molecule is COCCCNC(=O)c1ccc(OC)c(C=CC(=O)O)c1. The quantitative estimate of drug-likeness (QED) is 0.561. The van der Waals surface area contributed by atoms with Crippen molar-refractivity contribution in [1.82, 2.24) is 5.32 Å². The monoisotopic (exact) mass is 293 g/mol. The second-order valence-electron chi connectivity index (χ2n) is 4.23. The average molecular weight is 293 g/mol. The lowest BCUT2D eigenvalue weighted by atomic mass is 10.1. The fraction of sp³-hybridized carbons (Fsp3) is 0.333. The molecule has 0 aliphatic rings. The Morgan fingerprint density at radius 3 is 2.71 bits per heavy atom. The second-order valence-corrected chi connectivity index (χ2v) is 4.23. The van der Waals surface area contributed by atoms with Crippen LogP contribution in [0.2, 0.25) is 0 Å². The van der Waals surface area contributed by atoms with E-state index in [4.69, 9.17) is 14.6 Å². The highest BCUT2D eigenvalue weighted by atomic mass is 16.5. The van der Waals surface area contributed by atoms with Crippen LogP contribution in [-0.2, 0) is 9.53 Å². The Morgan fingerprint density at radius 1 is 1.33 bits per heavy atom. The topological polar surface area (TPSA) is 84.9 Å². The molecule has 114 valence electrons. The fourth-order valence-corrected chi connectivity index (χ4v) is 1.69. The average Bonchev–Trinajstić information content (AvgIpc) is 2.48. The van der Waals surface area contributed by atoms with Gasteiger partial charge in [-0.25, -0.2) is 4.79 Å². The van der Waals surface area contributed by atoms with Gasteiger partial charge < -0.3 is 19.9 Å². The Bertz CT molecular complexity index is 525. The van der Waals surface area contributed by atoms with Gasteiger partial charge in [-0.3, -0.25) is 4.79 Å². The van der Waals surface area contributed by atoms with Crippen LogP contribution in [0.25, 0.3) is 6.08 Å². The van der Waals surface area contributed by atoms with Crippen molar-refractivity contribution in [2.24, 2.45) is 0 Å². The highest BCUT2D eigenvalue weighted by Crippen LogP contribution is 2.21. The number of amides is 1. The van der Waals surface area contributed by atoms with Crippen LogP contribution in [0.4, 0.5) is 0 Å². The molecular weight excluding hydrogens is 274 g/mol. The lowest BCUT2D eigenvalue weighted by molar-refractivity contribution is -0.131. The summed E-state index contributed by atoms with van der Waals surface area (Å²) in [5.41, 5.74) is 0.975. The number of ether oxygens (including phenoxy) is 2. The summed E-state index contributed by atoms with van der Waals surface area (Å²) < 4.78 is 10.0. The van der Waals surface area contributed by atoms with Crippen LogP contribution in [0.3, 0.4) is 0 Å². The Labute approximate surface area is 123 Å². The molecule has 0 fully saturated rings. The zero-order valence-electron chi connectivity index (χ0n) is 12.1. The zero-order valence-corrected chi connectivity index (χ0v) is 12.1. The van der Waals surface area contributed by atoms with Gasteiger partial charge in [0.05, 0.1) is 7.11 Å². The number of rotatable bonds is 8. The van der Waals surface area contributed by atoms with Crippen molar-refractivity contribution in [2.75, 3.05) is 27.4 Å². The molecule has 0 bridgehead atoms. The molecule has 1 aromatic rings. The van der Waals surface area contributed by atoms with E-state index in [0.717, 1.165) is 12.5 Å².